The van der Waals surface area contributed by atoms with Crippen LogP contribution in [0, 0.1) is 34.9 Å². The lowest BCUT2D eigenvalue weighted by Gasteiger charge is -2.20. The average molecular weight is 738 g/mol. The summed E-state index contributed by atoms with van der Waals surface area (Å²) in [6.45, 7) is 3.82. The van der Waals surface area contributed by atoms with Crippen molar-refractivity contribution in [2.45, 2.75) is 52.0 Å². The van der Waals surface area contributed by atoms with E-state index in [2.05, 4.69) is 27.1 Å². The Kier molecular flexibility index (Phi) is 11.0. The van der Waals surface area contributed by atoms with Gasteiger partial charge in [-0.05, 0) is 85.0 Å². The molecule has 1 heterocycles. The van der Waals surface area contributed by atoms with Crippen molar-refractivity contribution in [1.82, 2.24) is 0 Å². The average Bonchev–Trinajstić information content (AvgIpc) is 3.22. The second-order valence-corrected chi connectivity index (χ2v) is 11.6. The summed E-state index contributed by atoms with van der Waals surface area (Å²) in [7, 11) is 0. The summed E-state index contributed by atoms with van der Waals surface area (Å²) >= 11 is 0. The smallest absolute Gasteiger partial charge is 0.429 e. The van der Waals surface area contributed by atoms with E-state index in [9.17, 15) is 26.3 Å². The predicted octanol–water partition coefficient (Wildman–Crippen LogP) is 12.3. The van der Waals surface area contributed by atoms with E-state index in [1.54, 1.807) is 19.2 Å². The lowest BCUT2D eigenvalue weighted by Crippen LogP contribution is -2.25. The molecule has 0 aromatic heterocycles. The first-order valence-corrected chi connectivity index (χ1v) is 15.6. The quantitative estimate of drug-likeness (QED) is 0.0872. The maximum atomic E-state index is 15.4. The molecule has 0 fully saturated rings. The number of halogens is 11. The highest BCUT2D eigenvalue weighted by Crippen LogP contribution is 2.39. The molecule has 0 spiro atoms. The molecular formula is C38H26F11NO2. The third-order valence-electron chi connectivity index (χ3n) is 7.86. The summed E-state index contributed by atoms with van der Waals surface area (Å²) in [5.41, 5.74) is 1.51. The molecule has 0 atom stereocenters. The van der Waals surface area contributed by atoms with Gasteiger partial charge in [0.25, 0.3) is 0 Å². The number of hydrogen-bond donors (Lipinski definition) is 0. The summed E-state index contributed by atoms with van der Waals surface area (Å²) in [5, 5.41) is 0. The van der Waals surface area contributed by atoms with Crippen molar-refractivity contribution in [1.29, 1.82) is 0 Å². The number of alkyl halides is 5. The Morgan fingerprint density at radius 3 is 1.77 bits per heavy atom. The molecule has 0 bridgehead atoms. The summed E-state index contributed by atoms with van der Waals surface area (Å²) in [6.07, 6.45) is -2.90. The fourth-order valence-corrected chi connectivity index (χ4v) is 5.38. The Bertz CT molecular complexity index is 2100. The van der Waals surface area contributed by atoms with Crippen molar-refractivity contribution in [3.05, 3.63) is 136 Å². The van der Waals surface area contributed by atoms with E-state index >= 15 is 22.0 Å². The molecule has 1 aliphatic rings. The Balaban J connectivity index is 1.37. The highest BCUT2D eigenvalue weighted by atomic mass is 19.4. The minimum Gasteiger partial charge on any atom is -0.429 e. The highest BCUT2D eigenvalue weighted by molar-refractivity contribution is 6.12. The van der Waals surface area contributed by atoms with Crippen LogP contribution in [0.15, 0.2) is 94.8 Å². The van der Waals surface area contributed by atoms with Gasteiger partial charge in [-0.3, -0.25) is 4.99 Å². The zero-order valence-electron chi connectivity index (χ0n) is 27.2. The Hall–Kier alpha value is -5.36. The van der Waals surface area contributed by atoms with Crippen LogP contribution in [0.25, 0.3) is 22.3 Å². The Labute approximate surface area is 290 Å². The van der Waals surface area contributed by atoms with Gasteiger partial charge in [-0.2, -0.15) is 8.78 Å². The van der Waals surface area contributed by atoms with Gasteiger partial charge in [0.15, 0.2) is 11.6 Å². The Morgan fingerprint density at radius 1 is 0.654 bits per heavy atom. The SMILES string of the molecule is CCCCCC1=CN=C(c2ccc(-c3cc(F)c(C(F)(F)Oc4ccc(-c5cc(F)c(OC(F)(F)F)c(F)c5)c(F)c4)c(F)c3)c(F)c2)C(C)=C=C1. The molecule has 0 saturated heterocycles. The molecule has 0 unspecified atom stereocenters. The number of hydrogen-bond acceptors (Lipinski definition) is 3. The van der Waals surface area contributed by atoms with Crippen LogP contribution in [0.5, 0.6) is 11.5 Å². The zero-order chi connectivity index (χ0) is 38.0. The molecule has 0 radical (unpaired) electrons. The molecule has 1 aliphatic heterocycles. The first-order valence-electron chi connectivity index (χ1n) is 15.6. The van der Waals surface area contributed by atoms with E-state index in [4.69, 9.17) is 0 Å². The third kappa shape index (κ3) is 8.56. The van der Waals surface area contributed by atoms with Crippen LogP contribution < -0.4 is 9.47 Å². The zero-order valence-corrected chi connectivity index (χ0v) is 27.2. The molecule has 0 N–H and O–H groups in total. The monoisotopic (exact) mass is 737 g/mol. The molecule has 14 heteroatoms. The summed E-state index contributed by atoms with van der Waals surface area (Å²) in [6, 6.07) is 6.96. The van der Waals surface area contributed by atoms with E-state index in [0.717, 1.165) is 37.3 Å². The van der Waals surface area contributed by atoms with E-state index in [1.165, 1.54) is 12.1 Å². The first-order chi connectivity index (χ1) is 24.5. The highest BCUT2D eigenvalue weighted by Gasteiger charge is 2.41. The normalized spacial score (nSPS) is 13.4. The van der Waals surface area contributed by atoms with Crippen molar-refractivity contribution in [2.75, 3.05) is 0 Å². The number of nitrogens with zero attached hydrogens (tertiary/aromatic N) is 1. The summed E-state index contributed by atoms with van der Waals surface area (Å²) in [5.74, 6) is -12.5. The van der Waals surface area contributed by atoms with Crippen molar-refractivity contribution >= 4 is 5.71 Å². The van der Waals surface area contributed by atoms with Crippen molar-refractivity contribution in [3.8, 4) is 33.8 Å². The van der Waals surface area contributed by atoms with Gasteiger partial charge in [-0.25, -0.2) is 26.3 Å². The number of allylic oxidation sites excluding steroid dienone is 2. The van der Waals surface area contributed by atoms with Gasteiger partial charge in [0.2, 0.25) is 5.75 Å². The van der Waals surface area contributed by atoms with Crippen molar-refractivity contribution in [2.24, 2.45) is 4.99 Å². The molecule has 272 valence electrons. The van der Waals surface area contributed by atoms with E-state index in [-0.39, 0.29) is 5.56 Å². The summed E-state index contributed by atoms with van der Waals surface area (Å²) < 4.78 is 164. The molecule has 0 saturated carbocycles. The molecule has 0 aliphatic carbocycles. The van der Waals surface area contributed by atoms with E-state index in [1.807, 2.05) is 0 Å². The van der Waals surface area contributed by atoms with Crippen LogP contribution in [-0.4, -0.2) is 12.1 Å². The van der Waals surface area contributed by atoms with Gasteiger partial charge in [-0.1, -0.05) is 31.9 Å². The minimum atomic E-state index is -5.44. The largest absolute Gasteiger partial charge is 0.573 e. The number of unbranched alkanes of at least 4 members (excludes halogenated alkanes) is 2. The fraction of sp³-hybridized carbons (Fsp3) is 0.211. The van der Waals surface area contributed by atoms with Crippen LogP contribution in [0.1, 0.15) is 50.7 Å². The number of rotatable bonds is 11. The van der Waals surface area contributed by atoms with Crippen LogP contribution in [-0.2, 0) is 6.11 Å². The fourth-order valence-electron chi connectivity index (χ4n) is 5.38. The van der Waals surface area contributed by atoms with Gasteiger partial charge in [0, 0.05) is 34.5 Å². The van der Waals surface area contributed by atoms with Gasteiger partial charge in [-0.15, -0.1) is 18.9 Å². The predicted molar refractivity (Wildman–Crippen MR) is 171 cm³/mol. The topological polar surface area (TPSA) is 30.8 Å². The number of benzene rings is 4. The molecule has 4 aromatic rings. The summed E-state index contributed by atoms with van der Waals surface area (Å²) in [4.78, 5) is 4.47. The van der Waals surface area contributed by atoms with E-state index in [0.29, 0.717) is 59.3 Å². The van der Waals surface area contributed by atoms with Crippen LogP contribution in [0.4, 0.5) is 48.3 Å². The second kappa shape index (κ2) is 15.1. The lowest BCUT2D eigenvalue weighted by atomic mass is 9.97. The van der Waals surface area contributed by atoms with E-state index < -0.39 is 81.1 Å². The maximum absolute atomic E-state index is 15.4. The van der Waals surface area contributed by atoms with Gasteiger partial charge < -0.3 is 9.47 Å². The standard InChI is InChI=1S/C38H26F11NO2/c1-3-4-5-6-21-8-7-20(2)35(50-19-21)22-9-11-26(28(39)13-22)23-14-30(41)34(31(42)15-23)37(45,46)51-25-10-12-27(29(40)18-25)24-16-32(43)36(33(44)17-24)52-38(47,48)49/h8-19H,3-6H2,1-2H3. The van der Waals surface area contributed by atoms with Gasteiger partial charge in [0.05, 0.1) is 5.71 Å². The Morgan fingerprint density at radius 2 is 1.21 bits per heavy atom. The van der Waals surface area contributed by atoms with Crippen molar-refractivity contribution in [3.63, 3.8) is 0 Å². The number of aliphatic imine (C=N–C) groups is 1. The molecule has 3 nitrogen and oxygen atoms in total. The number of ether oxygens (including phenoxy) is 2. The molecular weight excluding hydrogens is 711 g/mol. The molecule has 5 rings (SSSR count). The van der Waals surface area contributed by atoms with Crippen LogP contribution in [0.2, 0.25) is 0 Å². The van der Waals surface area contributed by atoms with Crippen LogP contribution >= 0.6 is 0 Å². The van der Waals surface area contributed by atoms with Gasteiger partial charge >= 0.3 is 12.5 Å². The molecule has 52 heavy (non-hydrogen) atoms. The van der Waals surface area contributed by atoms with Crippen LogP contribution in [0.3, 0.4) is 0 Å². The second-order valence-electron chi connectivity index (χ2n) is 11.6. The molecule has 4 aromatic carbocycles. The van der Waals surface area contributed by atoms with Crippen molar-refractivity contribution < 1.29 is 57.8 Å². The van der Waals surface area contributed by atoms with Gasteiger partial charge in [0.1, 0.15) is 34.6 Å². The third-order valence-corrected chi connectivity index (χ3v) is 7.86. The first kappa shape index (κ1) is 37.9. The maximum Gasteiger partial charge on any atom is 0.573 e. The lowest BCUT2D eigenvalue weighted by molar-refractivity contribution is -0.276. The molecule has 0 amide bonds. The minimum absolute atomic E-state index is 0.300.